The zero-order chi connectivity index (χ0) is 14.0. The van der Waals surface area contributed by atoms with E-state index in [-0.39, 0.29) is 12.5 Å². The Bertz CT molecular complexity index is 567. The number of thiophene rings is 1. The maximum Gasteiger partial charge on any atom is 0.256 e. The first-order valence-electron chi connectivity index (χ1n) is 6.15. The Labute approximate surface area is 116 Å². The Morgan fingerprint density at radius 2 is 1.95 bits per heavy atom. The van der Waals surface area contributed by atoms with Gasteiger partial charge in [0.1, 0.15) is 5.00 Å². The fourth-order valence-corrected chi connectivity index (χ4v) is 3.09. The minimum Gasteiger partial charge on any atom is -0.395 e. The minimum atomic E-state index is -0.0576. The van der Waals surface area contributed by atoms with E-state index in [1.807, 2.05) is 37.4 Å². The van der Waals surface area contributed by atoms with E-state index in [0.717, 1.165) is 16.4 Å². The maximum absolute atomic E-state index is 12.3. The van der Waals surface area contributed by atoms with E-state index in [1.165, 1.54) is 0 Å². The van der Waals surface area contributed by atoms with Gasteiger partial charge in [-0.2, -0.15) is 0 Å². The number of aromatic nitrogens is 1. The summed E-state index contributed by atoms with van der Waals surface area (Å²) in [6.07, 6.45) is 0. The smallest absolute Gasteiger partial charge is 0.256 e. The van der Waals surface area contributed by atoms with Crippen molar-refractivity contribution < 1.29 is 9.90 Å². The summed E-state index contributed by atoms with van der Waals surface area (Å²) in [5.74, 6) is -0.0576. The summed E-state index contributed by atoms with van der Waals surface area (Å²) in [6, 6.07) is 5.93. The Morgan fingerprint density at radius 3 is 2.53 bits per heavy atom. The topological polar surface area (TPSA) is 45.5 Å². The van der Waals surface area contributed by atoms with Crippen molar-refractivity contribution in [2.45, 2.75) is 13.8 Å². The monoisotopic (exact) mass is 278 g/mol. The van der Waals surface area contributed by atoms with E-state index < -0.39 is 0 Å². The number of rotatable bonds is 4. The number of aliphatic hydroxyl groups excluding tert-OH is 1. The number of nitrogens with zero attached hydrogens (tertiary/aromatic N) is 2. The highest BCUT2D eigenvalue weighted by atomic mass is 32.1. The minimum absolute atomic E-state index is 0.0245. The molecule has 1 amide bonds. The Kier molecular flexibility index (Phi) is 4.07. The van der Waals surface area contributed by atoms with Crippen LogP contribution in [0.1, 0.15) is 21.7 Å². The Hall–Kier alpha value is -1.59. The lowest BCUT2D eigenvalue weighted by atomic mass is 10.2. The molecule has 5 heteroatoms. The number of carbonyl (C=O) groups is 1. The molecule has 0 fully saturated rings. The van der Waals surface area contributed by atoms with Crippen LogP contribution in [0.25, 0.3) is 5.00 Å². The van der Waals surface area contributed by atoms with E-state index in [0.29, 0.717) is 12.1 Å². The van der Waals surface area contributed by atoms with Crippen molar-refractivity contribution in [1.82, 2.24) is 9.47 Å². The van der Waals surface area contributed by atoms with E-state index in [9.17, 15) is 4.79 Å². The van der Waals surface area contributed by atoms with Gasteiger partial charge >= 0.3 is 0 Å². The molecule has 2 heterocycles. The first-order chi connectivity index (χ1) is 9.06. The predicted molar refractivity (Wildman–Crippen MR) is 77.2 cm³/mol. The zero-order valence-electron chi connectivity index (χ0n) is 11.4. The standard InChI is InChI=1S/C14H18N2O2S/c1-10-4-5-11(2)16(10)14-12(6-9-19-14)13(18)15(3)7-8-17/h4-6,9,17H,7-8H2,1-3H3. The van der Waals surface area contributed by atoms with Crippen molar-refractivity contribution in [3.8, 4) is 5.00 Å². The van der Waals surface area contributed by atoms with Crippen molar-refractivity contribution in [2.24, 2.45) is 0 Å². The van der Waals surface area contributed by atoms with Crippen LogP contribution in [-0.2, 0) is 0 Å². The second-order valence-corrected chi connectivity index (χ2v) is 5.44. The van der Waals surface area contributed by atoms with E-state index in [4.69, 9.17) is 5.11 Å². The lowest BCUT2D eigenvalue weighted by molar-refractivity contribution is 0.0767. The number of hydrogen-bond acceptors (Lipinski definition) is 3. The number of hydrogen-bond donors (Lipinski definition) is 1. The highest BCUT2D eigenvalue weighted by Gasteiger charge is 2.19. The van der Waals surface area contributed by atoms with Crippen LogP contribution in [0.3, 0.4) is 0 Å². The highest BCUT2D eigenvalue weighted by Crippen LogP contribution is 2.26. The van der Waals surface area contributed by atoms with Crippen molar-refractivity contribution >= 4 is 17.2 Å². The van der Waals surface area contributed by atoms with Gasteiger partial charge in [0.05, 0.1) is 12.2 Å². The van der Waals surface area contributed by atoms with Gasteiger partial charge in [-0.1, -0.05) is 0 Å². The van der Waals surface area contributed by atoms with Crippen LogP contribution in [-0.4, -0.2) is 40.7 Å². The van der Waals surface area contributed by atoms with Crippen LogP contribution in [0, 0.1) is 13.8 Å². The van der Waals surface area contributed by atoms with Crippen LogP contribution in [0.4, 0.5) is 0 Å². The molecule has 1 N–H and O–H groups in total. The normalized spacial score (nSPS) is 10.7. The fourth-order valence-electron chi connectivity index (χ4n) is 2.08. The molecule has 2 rings (SSSR count). The third-order valence-electron chi connectivity index (χ3n) is 3.13. The molecule has 0 saturated carbocycles. The third kappa shape index (κ3) is 2.57. The third-order valence-corrected chi connectivity index (χ3v) is 4.03. The largest absolute Gasteiger partial charge is 0.395 e. The Morgan fingerprint density at radius 1 is 1.32 bits per heavy atom. The molecule has 0 spiro atoms. The van der Waals surface area contributed by atoms with Crippen LogP contribution < -0.4 is 0 Å². The maximum atomic E-state index is 12.3. The molecule has 0 aliphatic heterocycles. The molecule has 0 saturated heterocycles. The number of carbonyl (C=O) groups excluding carboxylic acids is 1. The van der Waals surface area contributed by atoms with Crippen LogP contribution in [0.15, 0.2) is 23.6 Å². The molecule has 0 aromatic carbocycles. The first kappa shape index (κ1) is 13.8. The number of aliphatic hydroxyl groups is 1. The van der Waals surface area contributed by atoms with E-state index >= 15 is 0 Å². The van der Waals surface area contributed by atoms with Gasteiger partial charge < -0.3 is 14.6 Å². The van der Waals surface area contributed by atoms with E-state index in [2.05, 4.69) is 4.57 Å². The summed E-state index contributed by atoms with van der Waals surface area (Å²) >= 11 is 1.55. The van der Waals surface area contributed by atoms with Crippen molar-refractivity contribution in [3.63, 3.8) is 0 Å². The number of likely N-dealkylation sites (N-methyl/N-ethyl adjacent to an activating group) is 1. The van der Waals surface area contributed by atoms with Gasteiger partial charge in [0.2, 0.25) is 0 Å². The van der Waals surface area contributed by atoms with Crippen LogP contribution in [0.5, 0.6) is 0 Å². The van der Waals surface area contributed by atoms with Gasteiger partial charge in [-0.05, 0) is 37.4 Å². The average molecular weight is 278 g/mol. The molecule has 0 bridgehead atoms. The summed E-state index contributed by atoms with van der Waals surface area (Å²) in [7, 11) is 1.70. The molecule has 2 aromatic heterocycles. The summed E-state index contributed by atoms with van der Waals surface area (Å²) in [5, 5.41) is 11.8. The molecule has 0 aliphatic carbocycles. The van der Waals surface area contributed by atoms with Crippen LogP contribution >= 0.6 is 11.3 Å². The molecule has 0 aliphatic rings. The fraction of sp³-hybridized carbons (Fsp3) is 0.357. The molecule has 4 nitrogen and oxygen atoms in total. The molecule has 19 heavy (non-hydrogen) atoms. The van der Waals surface area contributed by atoms with Gasteiger partial charge in [-0.15, -0.1) is 11.3 Å². The SMILES string of the molecule is Cc1ccc(C)n1-c1sccc1C(=O)N(C)CCO. The lowest BCUT2D eigenvalue weighted by Gasteiger charge is -2.17. The lowest BCUT2D eigenvalue weighted by Crippen LogP contribution is -2.29. The molecular formula is C14H18N2O2S. The Balaban J connectivity index is 2.41. The van der Waals surface area contributed by atoms with Crippen molar-refractivity contribution in [2.75, 3.05) is 20.2 Å². The van der Waals surface area contributed by atoms with Gasteiger partial charge in [0.15, 0.2) is 0 Å². The second kappa shape index (κ2) is 5.59. The van der Waals surface area contributed by atoms with Gasteiger partial charge in [-0.3, -0.25) is 4.79 Å². The first-order valence-corrected chi connectivity index (χ1v) is 7.03. The molecular weight excluding hydrogens is 260 g/mol. The molecule has 102 valence electrons. The number of aryl methyl sites for hydroxylation is 2. The molecule has 0 unspecified atom stereocenters. The van der Waals surface area contributed by atoms with Gasteiger partial charge in [0, 0.05) is 25.0 Å². The quantitative estimate of drug-likeness (QED) is 0.932. The summed E-state index contributed by atoms with van der Waals surface area (Å²) in [6.45, 7) is 4.37. The molecule has 0 radical (unpaired) electrons. The van der Waals surface area contributed by atoms with Crippen LogP contribution in [0.2, 0.25) is 0 Å². The second-order valence-electron chi connectivity index (χ2n) is 4.54. The number of amides is 1. The van der Waals surface area contributed by atoms with Crippen molar-refractivity contribution in [1.29, 1.82) is 0 Å². The summed E-state index contributed by atoms with van der Waals surface area (Å²) in [4.78, 5) is 13.9. The summed E-state index contributed by atoms with van der Waals surface area (Å²) in [5.41, 5.74) is 2.90. The van der Waals surface area contributed by atoms with Crippen molar-refractivity contribution in [3.05, 3.63) is 40.5 Å². The summed E-state index contributed by atoms with van der Waals surface area (Å²) < 4.78 is 2.09. The highest BCUT2D eigenvalue weighted by molar-refractivity contribution is 7.13. The zero-order valence-corrected chi connectivity index (χ0v) is 12.2. The molecule has 0 atom stereocenters. The predicted octanol–water partition coefficient (Wildman–Crippen LogP) is 2.22. The molecule has 2 aromatic rings. The van der Waals surface area contributed by atoms with Gasteiger partial charge in [0.25, 0.3) is 5.91 Å². The van der Waals surface area contributed by atoms with Gasteiger partial charge in [-0.25, -0.2) is 0 Å². The average Bonchev–Trinajstić information content (AvgIpc) is 2.96. The van der Waals surface area contributed by atoms with E-state index in [1.54, 1.807) is 23.3 Å².